The van der Waals surface area contributed by atoms with E-state index < -0.39 is 5.82 Å². The van der Waals surface area contributed by atoms with Crippen LogP contribution in [0.5, 0.6) is 0 Å². The first-order chi connectivity index (χ1) is 7.08. The largest absolute Gasteiger partial charge is 0.335 e. The Bertz CT molecular complexity index is 404. The van der Waals surface area contributed by atoms with Crippen molar-refractivity contribution in [2.45, 2.75) is 6.04 Å². The molecule has 2 N–H and O–H groups in total. The van der Waals surface area contributed by atoms with Gasteiger partial charge in [0, 0.05) is 24.2 Å². The second kappa shape index (κ2) is 3.79. The third-order valence-corrected chi connectivity index (χ3v) is 2.59. The Morgan fingerprint density at radius 3 is 2.73 bits per heavy atom. The zero-order valence-electron chi connectivity index (χ0n) is 7.91. The summed E-state index contributed by atoms with van der Waals surface area (Å²) in [5.74, 6) is -0.918. The predicted octanol–water partition coefficient (Wildman–Crippen LogP) is 1.26. The lowest BCUT2D eigenvalue weighted by Crippen LogP contribution is -2.57. The molecule has 1 aromatic carbocycles. The van der Waals surface area contributed by atoms with Crippen LogP contribution < -0.4 is 5.73 Å². The highest BCUT2D eigenvalue weighted by Gasteiger charge is 2.29. The molecule has 0 spiro atoms. The smallest absolute Gasteiger partial charge is 0.256 e. The lowest BCUT2D eigenvalue weighted by molar-refractivity contribution is 0.0603. The summed E-state index contributed by atoms with van der Waals surface area (Å²) in [6.45, 7) is 0.974. The van der Waals surface area contributed by atoms with Crippen LogP contribution in [0.1, 0.15) is 10.4 Å². The minimum atomic E-state index is -0.590. The zero-order valence-corrected chi connectivity index (χ0v) is 8.67. The predicted molar refractivity (Wildman–Crippen MR) is 55.3 cm³/mol. The number of hydrogen-bond donors (Lipinski definition) is 1. The Morgan fingerprint density at radius 1 is 1.53 bits per heavy atom. The van der Waals surface area contributed by atoms with Gasteiger partial charge in [-0.1, -0.05) is 11.6 Å². The van der Waals surface area contributed by atoms with E-state index >= 15 is 0 Å². The van der Waals surface area contributed by atoms with Crippen LogP contribution >= 0.6 is 11.6 Å². The molecule has 0 unspecified atom stereocenters. The summed E-state index contributed by atoms with van der Waals surface area (Å²) in [6.07, 6.45) is 0. The third-order valence-electron chi connectivity index (χ3n) is 2.36. The van der Waals surface area contributed by atoms with Gasteiger partial charge < -0.3 is 10.6 Å². The van der Waals surface area contributed by atoms with Gasteiger partial charge >= 0.3 is 0 Å². The number of carbonyl (C=O) groups excluding carboxylic acids is 1. The van der Waals surface area contributed by atoms with Crippen molar-refractivity contribution in [3.05, 3.63) is 34.6 Å². The lowest BCUT2D eigenvalue weighted by atomic mass is 10.1. The topological polar surface area (TPSA) is 46.3 Å². The molecule has 3 nitrogen and oxygen atoms in total. The summed E-state index contributed by atoms with van der Waals surface area (Å²) in [4.78, 5) is 13.2. The molecule has 1 heterocycles. The molecule has 0 bridgehead atoms. The van der Waals surface area contributed by atoms with Gasteiger partial charge in [-0.2, -0.15) is 0 Å². The maximum absolute atomic E-state index is 13.4. The van der Waals surface area contributed by atoms with Crippen LogP contribution in [0, 0.1) is 5.82 Å². The van der Waals surface area contributed by atoms with Crippen molar-refractivity contribution in [2.75, 3.05) is 13.1 Å². The highest BCUT2D eigenvalue weighted by atomic mass is 35.5. The van der Waals surface area contributed by atoms with Crippen molar-refractivity contribution >= 4 is 17.5 Å². The van der Waals surface area contributed by atoms with Crippen molar-refractivity contribution in [1.82, 2.24) is 4.90 Å². The van der Waals surface area contributed by atoms with Gasteiger partial charge in [-0.3, -0.25) is 4.79 Å². The zero-order chi connectivity index (χ0) is 11.0. The molecule has 2 rings (SSSR count). The van der Waals surface area contributed by atoms with Crippen LogP contribution in [0.25, 0.3) is 0 Å². The van der Waals surface area contributed by atoms with E-state index in [2.05, 4.69) is 0 Å². The number of benzene rings is 1. The van der Waals surface area contributed by atoms with E-state index in [0.717, 1.165) is 6.07 Å². The minimum absolute atomic E-state index is 0.0179. The van der Waals surface area contributed by atoms with E-state index in [0.29, 0.717) is 13.1 Å². The van der Waals surface area contributed by atoms with Gasteiger partial charge in [0.05, 0.1) is 5.56 Å². The van der Waals surface area contributed by atoms with Crippen molar-refractivity contribution in [3.63, 3.8) is 0 Å². The first-order valence-electron chi connectivity index (χ1n) is 4.58. The molecule has 1 aliphatic heterocycles. The average Bonchev–Trinajstić information content (AvgIpc) is 2.12. The van der Waals surface area contributed by atoms with Crippen LogP contribution in [0.3, 0.4) is 0 Å². The summed E-state index contributed by atoms with van der Waals surface area (Å²) in [5, 5.41) is 0.282. The van der Waals surface area contributed by atoms with E-state index in [-0.39, 0.29) is 22.5 Å². The molecule has 1 aromatic rings. The molecule has 0 aromatic heterocycles. The van der Waals surface area contributed by atoms with Crippen LogP contribution in [0.2, 0.25) is 5.02 Å². The first-order valence-corrected chi connectivity index (χ1v) is 4.95. The van der Waals surface area contributed by atoms with Crippen molar-refractivity contribution in [3.8, 4) is 0 Å². The van der Waals surface area contributed by atoms with Crippen LogP contribution in [0.15, 0.2) is 18.2 Å². The lowest BCUT2D eigenvalue weighted by Gasteiger charge is -2.36. The monoisotopic (exact) mass is 228 g/mol. The molecule has 5 heteroatoms. The number of halogens is 2. The molecule has 1 fully saturated rings. The molecule has 0 saturated carbocycles. The van der Waals surface area contributed by atoms with Gasteiger partial charge in [0.15, 0.2) is 0 Å². The molecule has 15 heavy (non-hydrogen) atoms. The number of rotatable bonds is 1. The highest BCUT2D eigenvalue weighted by molar-refractivity contribution is 6.30. The van der Waals surface area contributed by atoms with E-state index in [9.17, 15) is 9.18 Å². The second-order valence-electron chi connectivity index (χ2n) is 3.59. The number of nitrogens with zero attached hydrogens (tertiary/aromatic N) is 1. The molecule has 0 radical (unpaired) electrons. The molecule has 1 saturated heterocycles. The number of nitrogens with two attached hydrogens (primary N) is 1. The average molecular weight is 229 g/mol. The van der Waals surface area contributed by atoms with Gasteiger partial charge in [0.2, 0.25) is 0 Å². The quantitative estimate of drug-likeness (QED) is 0.787. The molecule has 1 aliphatic rings. The molecule has 1 amide bonds. The fourth-order valence-electron chi connectivity index (χ4n) is 1.51. The fraction of sp³-hybridized carbons (Fsp3) is 0.300. The van der Waals surface area contributed by atoms with E-state index in [1.807, 2.05) is 0 Å². The molecule has 0 aliphatic carbocycles. The van der Waals surface area contributed by atoms with Crippen LogP contribution in [-0.2, 0) is 0 Å². The number of likely N-dealkylation sites (tertiary alicyclic amines) is 1. The minimum Gasteiger partial charge on any atom is -0.335 e. The van der Waals surface area contributed by atoms with E-state index in [1.54, 1.807) is 0 Å². The molecular weight excluding hydrogens is 219 g/mol. The van der Waals surface area contributed by atoms with Crippen molar-refractivity contribution < 1.29 is 9.18 Å². The van der Waals surface area contributed by atoms with Gasteiger partial charge in [-0.15, -0.1) is 0 Å². The SMILES string of the molecule is NC1CN(C(=O)c2ccc(Cl)cc2F)C1. The summed E-state index contributed by atoms with van der Waals surface area (Å²) in [7, 11) is 0. The van der Waals surface area contributed by atoms with Gasteiger partial charge in [-0.25, -0.2) is 4.39 Å². The number of amides is 1. The first kappa shape index (κ1) is 10.4. The Labute approximate surface area is 91.6 Å². The maximum atomic E-state index is 13.4. The van der Waals surface area contributed by atoms with Crippen LogP contribution in [-0.4, -0.2) is 29.9 Å². The highest BCUT2D eigenvalue weighted by Crippen LogP contribution is 2.18. The van der Waals surface area contributed by atoms with E-state index in [4.69, 9.17) is 17.3 Å². The maximum Gasteiger partial charge on any atom is 0.256 e. The van der Waals surface area contributed by atoms with Gasteiger partial charge in [0.25, 0.3) is 5.91 Å². The normalized spacial score (nSPS) is 16.3. The molecule has 80 valence electrons. The standard InChI is InChI=1S/C10H10ClFN2O/c11-6-1-2-8(9(12)3-6)10(15)14-4-7(13)5-14/h1-3,7H,4-5,13H2. The van der Waals surface area contributed by atoms with Crippen molar-refractivity contribution in [1.29, 1.82) is 0 Å². The van der Waals surface area contributed by atoms with E-state index in [1.165, 1.54) is 17.0 Å². The Kier molecular flexibility index (Phi) is 2.63. The van der Waals surface area contributed by atoms with Gasteiger partial charge in [-0.05, 0) is 18.2 Å². The summed E-state index contributed by atoms with van der Waals surface area (Å²) < 4.78 is 13.4. The summed E-state index contributed by atoms with van der Waals surface area (Å²) in [5.41, 5.74) is 5.59. The second-order valence-corrected chi connectivity index (χ2v) is 4.03. The molecular formula is C10H10ClFN2O. The van der Waals surface area contributed by atoms with Crippen LogP contribution in [0.4, 0.5) is 4.39 Å². The summed E-state index contributed by atoms with van der Waals surface area (Å²) in [6, 6.07) is 4.04. The number of hydrogen-bond acceptors (Lipinski definition) is 2. The number of carbonyl (C=O) groups is 1. The van der Waals surface area contributed by atoms with Gasteiger partial charge in [0.1, 0.15) is 5.82 Å². The summed E-state index contributed by atoms with van der Waals surface area (Å²) >= 11 is 5.59. The fourth-order valence-corrected chi connectivity index (χ4v) is 1.67. The Morgan fingerprint density at radius 2 is 2.20 bits per heavy atom. The Balaban J connectivity index is 2.19. The van der Waals surface area contributed by atoms with Crippen molar-refractivity contribution in [2.24, 2.45) is 5.73 Å². The Hall–Kier alpha value is -1.13. The third kappa shape index (κ3) is 1.96. The molecule has 0 atom stereocenters.